The number of fused-ring (bicyclic) bond motifs is 1. The predicted molar refractivity (Wildman–Crippen MR) is 154 cm³/mol. The number of sulfonamides is 1. The predicted octanol–water partition coefficient (Wildman–Crippen LogP) is 5.80. The molecule has 9 nitrogen and oxygen atoms in total. The molecule has 1 N–H and O–H groups in total. The summed E-state index contributed by atoms with van der Waals surface area (Å²) in [4.78, 5) is 14.2. The molecule has 2 heterocycles. The van der Waals surface area contributed by atoms with Gasteiger partial charge in [-0.15, -0.1) is 0 Å². The molecule has 2 aliphatic rings. The number of hydrogen-bond donors (Lipinski definition) is 1. The maximum Gasteiger partial charge on any atom is 0.410 e. The monoisotopic (exact) mass is 574 g/mol. The van der Waals surface area contributed by atoms with Crippen LogP contribution in [0.25, 0.3) is 0 Å². The summed E-state index contributed by atoms with van der Waals surface area (Å²) in [6, 6.07) is 13.4. The number of amides is 1. The zero-order valence-electron chi connectivity index (χ0n) is 23.8. The van der Waals surface area contributed by atoms with Crippen molar-refractivity contribution >= 4 is 21.8 Å². The van der Waals surface area contributed by atoms with Crippen molar-refractivity contribution in [3.8, 4) is 5.75 Å². The number of unbranched alkanes of at least 4 members (excludes halogenated alkanes) is 4. The topological polar surface area (TPSA) is 103 Å². The quantitative estimate of drug-likeness (QED) is 0.268. The van der Waals surface area contributed by atoms with Crippen LogP contribution < -0.4 is 9.46 Å². The summed E-state index contributed by atoms with van der Waals surface area (Å²) in [5.41, 5.74) is 3.59. The van der Waals surface area contributed by atoms with Gasteiger partial charge in [-0.2, -0.15) is 0 Å². The molecule has 0 aromatic heterocycles. The van der Waals surface area contributed by atoms with Crippen LogP contribution in [0.2, 0.25) is 0 Å². The van der Waals surface area contributed by atoms with E-state index >= 15 is 0 Å². The van der Waals surface area contributed by atoms with Crippen LogP contribution in [0.1, 0.15) is 75.2 Å². The van der Waals surface area contributed by atoms with Crippen molar-refractivity contribution in [2.45, 2.75) is 77.3 Å². The molecule has 1 fully saturated rings. The average molecular weight is 575 g/mol. The second-order valence-corrected chi connectivity index (χ2v) is 12.7. The van der Waals surface area contributed by atoms with Gasteiger partial charge in [0.25, 0.3) is 0 Å². The van der Waals surface area contributed by atoms with Crippen molar-refractivity contribution in [2.24, 2.45) is 0 Å². The first kappa shape index (κ1) is 30.1. The molecular weight excluding hydrogens is 532 g/mol. The lowest BCUT2D eigenvalue weighted by molar-refractivity contribution is -0.180. The van der Waals surface area contributed by atoms with E-state index in [1.165, 1.54) is 0 Å². The minimum absolute atomic E-state index is 0.255. The van der Waals surface area contributed by atoms with Gasteiger partial charge in [0.05, 0.1) is 25.1 Å². The second-order valence-electron chi connectivity index (χ2n) is 11.0. The number of anilines is 1. The molecule has 2 aliphatic heterocycles. The molecule has 1 saturated heterocycles. The van der Waals surface area contributed by atoms with Gasteiger partial charge in [-0.1, -0.05) is 37.1 Å². The van der Waals surface area contributed by atoms with Crippen LogP contribution in [0.3, 0.4) is 0 Å². The summed E-state index contributed by atoms with van der Waals surface area (Å²) >= 11 is 0. The molecule has 10 heteroatoms. The van der Waals surface area contributed by atoms with E-state index in [0.717, 1.165) is 80.2 Å². The van der Waals surface area contributed by atoms with E-state index in [4.69, 9.17) is 18.9 Å². The van der Waals surface area contributed by atoms with E-state index in [-0.39, 0.29) is 12.2 Å². The fraction of sp³-hybridized carbons (Fsp3) is 0.567. The lowest BCUT2D eigenvalue weighted by Crippen LogP contribution is -2.35. The van der Waals surface area contributed by atoms with Gasteiger partial charge in [0.2, 0.25) is 15.8 Å². The van der Waals surface area contributed by atoms with Gasteiger partial charge in [0.15, 0.2) is 0 Å². The summed E-state index contributed by atoms with van der Waals surface area (Å²) in [5.74, 6) is 0.183. The molecular formula is C30H42N2O7S. The molecule has 0 bridgehead atoms. The number of nitrogens with zero attached hydrogens (tertiary/aromatic N) is 1. The zero-order valence-corrected chi connectivity index (χ0v) is 24.6. The Bertz CT molecular complexity index is 1250. The second kappa shape index (κ2) is 13.7. The standard InChI is InChI=1S/C30H42N2O7S/c1-30(2)37-22-25-20-24(15-16-27(25)39-30)28-21-32(29(33)38-28)17-9-4-5-10-18-36-19-11-8-13-23-12-6-7-14-26(23)31-40(3,34)35/h6-7,12,14-16,20,28,31H,4-5,8-11,13,17-19,21-22H2,1-3H3/t28-/m0/s1. The maximum absolute atomic E-state index is 12.4. The van der Waals surface area contributed by atoms with Gasteiger partial charge in [0.1, 0.15) is 11.9 Å². The van der Waals surface area contributed by atoms with E-state index in [0.29, 0.717) is 32.0 Å². The van der Waals surface area contributed by atoms with Crippen molar-refractivity contribution in [2.75, 3.05) is 37.3 Å². The molecule has 220 valence electrons. The average Bonchev–Trinajstić information content (AvgIpc) is 3.26. The molecule has 40 heavy (non-hydrogen) atoms. The van der Waals surface area contributed by atoms with Crippen molar-refractivity contribution in [3.63, 3.8) is 0 Å². The van der Waals surface area contributed by atoms with Crippen LogP contribution in [0, 0.1) is 0 Å². The van der Waals surface area contributed by atoms with Crippen LogP contribution in [-0.2, 0) is 37.3 Å². The number of nitrogens with one attached hydrogen (secondary N) is 1. The van der Waals surface area contributed by atoms with Crippen molar-refractivity contribution < 1.29 is 32.2 Å². The Morgan fingerprint density at radius 2 is 1.77 bits per heavy atom. The third-order valence-electron chi connectivity index (χ3n) is 7.04. The first-order valence-electron chi connectivity index (χ1n) is 14.1. The largest absolute Gasteiger partial charge is 0.463 e. The number of carbonyl (C=O) groups excluding carboxylic acids is 1. The number of hydrogen-bond acceptors (Lipinski definition) is 7. The lowest BCUT2D eigenvalue weighted by Gasteiger charge is -2.32. The first-order valence-corrected chi connectivity index (χ1v) is 16.0. The van der Waals surface area contributed by atoms with E-state index in [1.54, 1.807) is 11.0 Å². The number of rotatable bonds is 15. The van der Waals surface area contributed by atoms with E-state index in [9.17, 15) is 13.2 Å². The molecule has 0 radical (unpaired) electrons. The first-order chi connectivity index (χ1) is 19.1. The molecule has 0 saturated carbocycles. The van der Waals surface area contributed by atoms with Gasteiger partial charge in [-0.3, -0.25) is 4.72 Å². The maximum atomic E-state index is 12.4. The van der Waals surface area contributed by atoms with E-state index < -0.39 is 15.8 Å². The Balaban J connectivity index is 1.05. The van der Waals surface area contributed by atoms with Crippen LogP contribution in [0.5, 0.6) is 5.75 Å². The van der Waals surface area contributed by atoms with Gasteiger partial charge >= 0.3 is 6.09 Å². The van der Waals surface area contributed by atoms with Gasteiger partial charge in [0, 0.05) is 39.2 Å². The lowest BCUT2D eigenvalue weighted by atomic mass is 10.0. The van der Waals surface area contributed by atoms with E-state index in [2.05, 4.69) is 4.72 Å². The zero-order chi connectivity index (χ0) is 28.6. The third kappa shape index (κ3) is 9.11. The van der Waals surface area contributed by atoms with E-state index in [1.807, 2.05) is 50.2 Å². The Labute approximate surface area is 238 Å². The van der Waals surface area contributed by atoms with Crippen LogP contribution >= 0.6 is 0 Å². The molecule has 2 aromatic rings. The summed E-state index contributed by atoms with van der Waals surface area (Å²) in [5, 5.41) is 0. The molecule has 0 unspecified atom stereocenters. The Kier molecular flexibility index (Phi) is 10.3. The Hall–Kier alpha value is -2.82. The highest BCUT2D eigenvalue weighted by Gasteiger charge is 2.33. The number of para-hydroxylation sites is 1. The molecule has 2 aromatic carbocycles. The van der Waals surface area contributed by atoms with Crippen molar-refractivity contribution in [1.29, 1.82) is 0 Å². The minimum Gasteiger partial charge on any atom is -0.463 e. The fourth-order valence-corrected chi connectivity index (χ4v) is 5.54. The molecule has 1 amide bonds. The van der Waals surface area contributed by atoms with Crippen molar-refractivity contribution in [3.05, 3.63) is 59.2 Å². The SMILES string of the molecule is CC1(C)OCc2cc([C@@H]3CN(CCCCCCOCCCCc4ccccc4NS(C)(=O)=O)C(=O)O3)ccc2O1. The minimum atomic E-state index is -3.29. The van der Waals surface area contributed by atoms with Crippen LogP contribution in [0.4, 0.5) is 10.5 Å². The normalized spacial score (nSPS) is 18.2. The molecule has 1 atom stereocenters. The molecule has 4 rings (SSSR count). The number of cyclic esters (lactones) is 1. The smallest absolute Gasteiger partial charge is 0.410 e. The molecule has 0 aliphatic carbocycles. The Morgan fingerprint density at radius 3 is 2.58 bits per heavy atom. The van der Waals surface area contributed by atoms with Gasteiger partial charge in [-0.05, 0) is 61.4 Å². The number of aryl methyl sites for hydroxylation is 1. The highest BCUT2D eigenvalue weighted by atomic mass is 32.2. The van der Waals surface area contributed by atoms with Gasteiger partial charge < -0.3 is 23.8 Å². The highest BCUT2D eigenvalue weighted by molar-refractivity contribution is 7.92. The number of carbonyl (C=O) groups is 1. The van der Waals surface area contributed by atoms with Gasteiger partial charge in [-0.25, -0.2) is 13.2 Å². The summed E-state index contributed by atoms with van der Waals surface area (Å²) < 4.78 is 48.7. The van der Waals surface area contributed by atoms with Crippen LogP contribution in [0.15, 0.2) is 42.5 Å². The number of benzene rings is 2. The summed E-state index contributed by atoms with van der Waals surface area (Å²) in [6.07, 6.45) is 7.30. The van der Waals surface area contributed by atoms with Crippen molar-refractivity contribution in [1.82, 2.24) is 4.90 Å². The molecule has 0 spiro atoms. The fourth-order valence-electron chi connectivity index (χ4n) is 4.94. The summed E-state index contributed by atoms with van der Waals surface area (Å²) in [7, 11) is -3.29. The highest BCUT2D eigenvalue weighted by Crippen LogP contribution is 2.35. The van der Waals surface area contributed by atoms with Crippen LogP contribution in [-0.4, -0.2) is 57.8 Å². The number of ether oxygens (including phenoxy) is 4. The third-order valence-corrected chi connectivity index (χ3v) is 7.63. The Morgan fingerprint density at radius 1 is 1.02 bits per heavy atom. The summed E-state index contributed by atoms with van der Waals surface area (Å²) in [6.45, 7) is 6.93.